The van der Waals surface area contributed by atoms with Crippen LogP contribution in [0.2, 0.25) is 0 Å². The first-order valence-corrected chi connectivity index (χ1v) is 5.18. The van der Waals surface area contributed by atoms with Crippen molar-refractivity contribution in [1.29, 1.82) is 0 Å². The third-order valence-electron chi connectivity index (χ3n) is 2.83. The summed E-state index contributed by atoms with van der Waals surface area (Å²) in [5, 5.41) is 28.7. The molecule has 1 aliphatic heterocycles. The average molecular weight is 220 g/mol. The fourth-order valence-corrected chi connectivity index (χ4v) is 1.94. The summed E-state index contributed by atoms with van der Waals surface area (Å²) in [4.78, 5) is 0. The molecule has 1 saturated heterocycles. The van der Waals surface area contributed by atoms with Crippen molar-refractivity contribution in [3.8, 4) is 0 Å². The maximum Gasteiger partial charge on any atom is 0.114 e. The molecule has 0 aromatic heterocycles. The highest BCUT2D eigenvalue weighted by atomic mass is 16.6. The molecule has 1 heterocycles. The highest BCUT2D eigenvalue weighted by Crippen LogP contribution is 2.27. The number of hydrogen-bond donors (Lipinski definition) is 3. The van der Waals surface area contributed by atoms with Gasteiger partial charge in [0.2, 0.25) is 0 Å². The van der Waals surface area contributed by atoms with Gasteiger partial charge in [-0.2, -0.15) is 0 Å². The van der Waals surface area contributed by atoms with Crippen LogP contribution in [0.5, 0.6) is 0 Å². The minimum absolute atomic E-state index is 0.0965. The van der Waals surface area contributed by atoms with Crippen LogP contribution in [-0.4, -0.2) is 59.6 Å². The van der Waals surface area contributed by atoms with E-state index in [1.807, 2.05) is 13.8 Å². The van der Waals surface area contributed by atoms with Crippen LogP contribution in [0, 0.1) is 5.92 Å². The van der Waals surface area contributed by atoms with Gasteiger partial charge in [-0.3, -0.25) is 0 Å². The highest BCUT2D eigenvalue weighted by Gasteiger charge is 2.45. The van der Waals surface area contributed by atoms with E-state index < -0.39 is 30.5 Å². The van der Waals surface area contributed by atoms with Gasteiger partial charge >= 0.3 is 0 Å². The minimum Gasteiger partial charge on any atom is -0.394 e. The molecule has 5 heteroatoms. The Labute approximate surface area is 89.6 Å². The smallest absolute Gasteiger partial charge is 0.114 e. The number of methoxy groups -OCH3 is 1. The van der Waals surface area contributed by atoms with Gasteiger partial charge in [0.25, 0.3) is 0 Å². The van der Waals surface area contributed by atoms with Crippen molar-refractivity contribution >= 4 is 0 Å². The Morgan fingerprint density at radius 3 is 2.27 bits per heavy atom. The normalized spacial score (nSPS) is 42.2. The first kappa shape index (κ1) is 12.9. The zero-order valence-electron chi connectivity index (χ0n) is 9.33. The topological polar surface area (TPSA) is 79.2 Å². The molecule has 5 atom stereocenters. The molecule has 0 aliphatic carbocycles. The summed E-state index contributed by atoms with van der Waals surface area (Å²) in [6.45, 7) is 3.54. The van der Waals surface area contributed by atoms with Crippen LogP contribution in [0.1, 0.15) is 13.8 Å². The van der Waals surface area contributed by atoms with E-state index in [0.717, 1.165) is 0 Å². The zero-order valence-corrected chi connectivity index (χ0v) is 9.33. The van der Waals surface area contributed by atoms with Crippen molar-refractivity contribution in [2.75, 3.05) is 13.7 Å². The molecular weight excluding hydrogens is 200 g/mol. The number of aliphatic hydroxyl groups is 3. The van der Waals surface area contributed by atoms with Gasteiger partial charge in [-0.25, -0.2) is 0 Å². The quantitative estimate of drug-likeness (QED) is 0.577. The summed E-state index contributed by atoms with van der Waals surface area (Å²) in [7, 11) is 1.42. The second-order valence-electron chi connectivity index (χ2n) is 4.25. The summed E-state index contributed by atoms with van der Waals surface area (Å²) in [6, 6.07) is 0. The van der Waals surface area contributed by atoms with E-state index in [1.54, 1.807) is 0 Å². The van der Waals surface area contributed by atoms with Gasteiger partial charge in [-0.15, -0.1) is 0 Å². The van der Waals surface area contributed by atoms with Crippen molar-refractivity contribution in [2.45, 2.75) is 44.4 Å². The summed E-state index contributed by atoms with van der Waals surface area (Å²) in [6.07, 6.45) is -3.68. The van der Waals surface area contributed by atoms with Crippen LogP contribution in [0.15, 0.2) is 0 Å². The van der Waals surface area contributed by atoms with Crippen LogP contribution in [-0.2, 0) is 9.47 Å². The van der Waals surface area contributed by atoms with Crippen molar-refractivity contribution in [2.24, 2.45) is 5.92 Å². The molecular formula is C10H20O5. The third-order valence-corrected chi connectivity index (χ3v) is 2.83. The van der Waals surface area contributed by atoms with E-state index in [9.17, 15) is 10.2 Å². The van der Waals surface area contributed by atoms with Gasteiger partial charge in [0.05, 0.1) is 12.7 Å². The molecule has 0 radical (unpaired) electrons. The Hall–Kier alpha value is -0.200. The molecule has 0 bridgehead atoms. The zero-order chi connectivity index (χ0) is 11.6. The summed E-state index contributed by atoms with van der Waals surface area (Å²) >= 11 is 0. The standard InChI is InChI=1S/C10H20O5/c1-5(2)9-8(13)10(14-3)7(12)6(4-11)15-9/h5-13H,4H2,1-3H3/t6-,7-,8?,9+,10?/m1/s1. The van der Waals surface area contributed by atoms with Crippen LogP contribution in [0.3, 0.4) is 0 Å². The van der Waals surface area contributed by atoms with E-state index >= 15 is 0 Å². The van der Waals surface area contributed by atoms with E-state index in [4.69, 9.17) is 14.6 Å². The largest absolute Gasteiger partial charge is 0.394 e. The molecule has 5 nitrogen and oxygen atoms in total. The van der Waals surface area contributed by atoms with Crippen molar-refractivity contribution in [3.05, 3.63) is 0 Å². The van der Waals surface area contributed by atoms with Crippen LogP contribution in [0.4, 0.5) is 0 Å². The highest BCUT2D eigenvalue weighted by molar-refractivity contribution is 4.93. The maximum absolute atomic E-state index is 9.89. The maximum atomic E-state index is 9.89. The molecule has 0 aromatic carbocycles. The number of aliphatic hydroxyl groups excluding tert-OH is 3. The second kappa shape index (κ2) is 5.23. The molecule has 0 spiro atoms. The lowest BCUT2D eigenvalue weighted by Gasteiger charge is -2.43. The fraction of sp³-hybridized carbons (Fsp3) is 1.00. The average Bonchev–Trinajstić information content (AvgIpc) is 2.18. The Morgan fingerprint density at radius 1 is 1.27 bits per heavy atom. The lowest BCUT2D eigenvalue weighted by atomic mass is 9.89. The van der Waals surface area contributed by atoms with E-state index in [-0.39, 0.29) is 12.5 Å². The van der Waals surface area contributed by atoms with Crippen molar-refractivity contribution in [3.63, 3.8) is 0 Å². The van der Waals surface area contributed by atoms with Gasteiger partial charge in [-0.1, -0.05) is 13.8 Å². The Morgan fingerprint density at radius 2 is 1.87 bits per heavy atom. The van der Waals surface area contributed by atoms with Crippen molar-refractivity contribution < 1.29 is 24.8 Å². The summed E-state index contributed by atoms with van der Waals surface area (Å²) in [5.74, 6) is 0.0965. The van der Waals surface area contributed by atoms with E-state index in [1.165, 1.54) is 7.11 Å². The third kappa shape index (κ3) is 2.49. The molecule has 3 N–H and O–H groups in total. The van der Waals surface area contributed by atoms with E-state index in [2.05, 4.69) is 0 Å². The van der Waals surface area contributed by atoms with Crippen molar-refractivity contribution in [1.82, 2.24) is 0 Å². The monoisotopic (exact) mass is 220 g/mol. The van der Waals surface area contributed by atoms with Gasteiger partial charge in [0, 0.05) is 7.11 Å². The van der Waals surface area contributed by atoms with Crippen LogP contribution < -0.4 is 0 Å². The van der Waals surface area contributed by atoms with E-state index in [0.29, 0.717) is 0 Å². The Bertz CT molecular complexity index is 194. The lowest BCUT2D eigenvalue weighted by Crippen LogP contribution is -2.60. The minimum atomic E-state index is -0.995. The molecule has 0 aromatic rings. The van der Waals surface area contributed by atoms with Crippen LogP contribution in [0.25, 0.3) is 0 Å². The molecule has 15 heavy (non-hydrogen) atoms. The van der Waals surface area contributed by atoms with Crippen LogP contribution >= 0.6 is 0 Å². The SMILES string of the molecule is COC1C(O)[C@H](C(C)C)O[C@H](CO)[C@H]1O. The summed E-state index contributed by atoms with van der Waals surface area (Å²) in [5.41, 5.74) is 0. The second-order valence-corrected chi connectivity index (χ2v) is 4.25. The molecule has 2 unspecified atom stereocenters. The predicted octanol–water partition coefficient (Wildman–Crippen LogP) is -0.861. The predicted molar refractivity (Wildman–Crippen MR) is 53.4 cm³/mol. The Kier molecular flexibility index (Phi) is 4.48. The van der Waals surface area contributed by atoms with Gasteiger partial charge in [-0.05, 0) is 5.92 Å². The fourth-order valence-electron chi connectivity index (χ4n) is 1.94. The molecule has 1 rings (SSSR count). The molecule has 0 saturated carbocycles. The summed E-state index contributed by atoms with van der Waals surface area (Å²) < 4.78 is 10.5. The molecule has 0 amide bonds. The first-order valence-electron chi connectivity index (χ1n) is 5.18. The number of rotatable bonds is 3. The Balaban J connectivity index is 2.79. The molecule has 1 aliphatic rings. The van der Waals surface area contributed by atoms with Gasteiger partial charge in [0.15, 0.2) is 0 Å². The lowest BCUT2D eigenvalue weighted by molar-refractivity contribution is -0.244. The molecule has 90 valence electrons. The molecule has 1 fully saturated rings. The van der Waals surface area contributed by atoms with Gasteiger partial charge in [0.1, 0.15) is 24.4 Å². The number of ether oxygens (including phenoxy) is 2. The number of hydrogen-bond acceptors (Lipinski definition) is 5. The first-order chi connectivity index (χ1) is 7.02. The van der Waals surface area contributed by atoms with Gasteiger partial charge < -0.3 is 24.8 Å².